The van der Waals surface area contributed by atoms with E-state index in [2.05, 4.69) is 22.8 Å². The van der Waals surface area contributed by atoms with Gasteiger partial charge in [-0.3, -0.25) is 0 Å². The van der Waals surface area contributed by atoms with Crippen molar-refractivity contribution in [1.29, 1.82) is 0 Å². The van der Waals surface area contributed by atoms with Crippen LogP contribution in [0.15, 0.2) is 17.5 Å². The minimum Gasteiger partial charge on any atom is -0.329 e. The molecule has 90 valence electrons. The number of nitrogens with two attached hydrogens (primary N) is 1. The largest absolute Gasteiger partial charge is 0.329 e. The van der Waals surface area contributed by atoms with Crippen LogP contribution in [-0.2, 0) is 0 Å². The molecular weight excluding hydrogens is 216 g/mol. The van der Waals surface area contributed by atoms with E-state index in [1.54, 1.807) is 11.3 Å². The molecule has 1 fully saturated rings. The van der Waals surface area contributed by atoms with Gasteiger partial charge in [0.1, 0.15) is 0 Å². The van der Waals surface area contributed by atoms with Gasteiger partial charge in [-0.1, -0.05) is 31.7 Å². The molecule has 1 aromatic rings. The van der Waals surface area contributed by atoms with Crippen LogP contribution in [0.3, 0.4) is 0 Å². The second-order valence-corrected chi connectivity index (χ2v) is 5.64. The summed E-state index contributed by atoms with van der Waals surface area (Å²) in [5.74, 6) is 0. The van der Waals surface area contributed by atoms with Gasteiger partial charge >= 0.3 is 0 Å². The standard InChI is InChI=1S/C13H22N2S/c14-10-12(13-8-5-9-16-13)15-11-6-3-1-2-4-7-11/h5,8-9,11-12,15H,1-4,6-7,10,14H2. The SMILES string of the molecule is NCC(NC1CCCCCC1)c1cccs1. The first kappa shape index (κ1) is 12.1. The first-order valence-corrected chi connectivity index (χ1v) is 7.27. The summed E-state index contributed by atoms with van der Waals surface area (Å²) in [6.07, 6.45) is 8.21. The Morgan fingerprint density at radius 3 is 2.62 bits per heavy atom. The van der Waals surface area contributed by atoms with Gasteiger partial charge in [-0.05, 0) is 24.3 Å². The molecule has 2 nitrogen and oxygen atoms in total. The molecule has 3 N–H and O–H groups in total. The van der Waals surface area contributed by atoms with Crippen molar-refractivity contribution in [2.75, 3.05) is 6.54 Å². The molecule has 0 spiro atoms. The molecule has 1 aromatic heterocycles. The average Bonchev–Trinajstić information content (AvgIpc) is 2.71. The maximum Gasteiger partial charge on any atom is 0.0541 e. The van der Waals surface area contributed by atoms with Crippen LogP contribution in [0.2, 0.25) is 0 Å². The van der Waals surface area contributed by atoms with E-state index in [-0.39, 0.29) is 0 Å². The fourth-order valence-corrected chi connectivity index (χ4v) is 3.29. The van der Waals surface area contributed by atoms with Crippen LogP contribution in [0.1, 0.15) is 49.4 Å². The zero-order valence-corrected chi connectivity index (χ0v) is 10.6. The molecule has 1 saturated carbocycles. The number of hydrogen-bond donors (Lipinski definition) is 2. The van der Waals surface area contributed by atoms with Crippen LogP contribution < -0.4 is 11.1 Å². The van der Waals surface area contributed by atoms with Crippen LogP contribution in [0.4, 0.5) is 0 Å². The lowest BCUT2D eigenvalue weighted by atomic mass is 10.1. The Balaban J connectivity index is 1.90. The number of nitrogens with one attached hydrogen (secondary N) is 1. The third kappa shape index (κ3) is 3.30. The number of hydrogen-bond acceptors (Lipinski definition) is 3. The monoisotopic (exact) mass is 238 g/mol. The molecule has 1 atom stereocenters. The molecule has 0 bridgehead atoms. The van der Waals surface area contributed by atoms with Crippen LogP contribution >= 0.6 is 11.3 Å². The Hall–Kier alpha value is -0.380. The fraction of sp³-hybridized carbons (Fsp3) is 0.692. The Morgan fingerprint density at radius 2 is 2.06 bits per heavy atom. The van der Waals surface area contributed by atoms with Gasteiger partial charge in [0, 0.05) is 17.5 Å². The molecule has 0 amide bonds. The molecule has 1 aliphatic carbocycles. The lowest BCUT2D eigenvalue weighted by Gasteiger charge is -2.23. The minimum absolute atomic E-state index is 0.364. The quantitative estimate of drug-likeness (QED) is 0.791. The van der Waals surface area contributed by atoms with Gasteiger partial charge in [-0.2, -0.15) is 0 Å². The Labute approximate surface area is 102 Å². The van der Waals surface area contributed by atoms with Crippen molar-refractivity contribution in [3.63, 3.8) is 0 Å². The number of rotatable bonds is 4. The predicted octanol–water partition coefficient (Wildman–Crippen LogP) is 3.06. The lowest BCUT2D eigenvalue weighted by Crippen LogP contribution is -2.36. The van der Waals surface area contributed by atoms with Crippen LogP contribution in [0.25, 0.3) is 0 Å². The van der Waals surface area contributed by atoms with Crippen molar-refractivity contribution >= 4 is 11.3 Å². The van der Waals surface area contributed by atoms with E-state index in [0.29, 0.717) is 18.6 Å². The first-order chi connectivity index (χ1) is 7.90. The summed E-state index contributed by atoms with van der Waals surface area (Å²) in [4.78, 5) is 1.38. The van der Waals surface area contributed by atoms with Crippen molar-refractivity contribution in [3.05, 3.63) is 22.4 Å². The predicted molar refractivity (Wildman–Crippen MR) is 70.7 cm³/mol. The van der Waals surface area contributed by atoms with E-state index in [9.17, 15) is 0 Å². The van der Waals surface area contributed by atoms with E-state index in [0.717, 1.165) is 0 Å². The van der Waals surface area contributed by atoms with Gasteiger partial charge in [-0.25, -0.2) is 0 Å². The van der Waals surface area contributed by atoms with Crippen molar-refractivity contribution in [2.45, 2.75) is 50.6 Å². The number of thiophene rings is 1. The van der Waals surface area contributed by atoms with E-state index >= 15 is 0 Å². The van der Waals surface area contributed by atoms with E-state index < -0.39 is 0 Å². The Bertz CT molecular complexity index is 276. The Morgan fingerprint density at radius 1 is 1.31 bits per heavy atom. The molecule has 1 unspecified atom stereocenters. The summed E-state index contributed by atoms with van der Waals surface area (Å²) in [7, 11) is 0. The average molecular weight is 238 g/mol. The summed E-state index contributed by atoms with van der Waals surface area (Å²) < 4.78 is 0. The maximum absolute atomic E-state index is 5.86. The second kappa shape index (κ2) is 6.38. The fourth-order valence-electron chi connectivity index (χ4n) is 2.49. The molecule has 16 heavy (non-hydrogen) atoms. The highest BCUT2D eigenvalue weighted by molar-refractivity contribution is 7.10. The molecule has 1 heterocycles. The third-order valence-corrected chi connectivity index (χ3v) is 4.40. The van der Waals surface area contributed by atoms with Crippen molar-refractivity contribution in [3.8, 4) is 0 Å². The van der Waals surface area contributed by atoms with Gasteiger partial charge in [-0.15, -0.1) is 11.3 Å². The van der Waals surface area contributed by atoms with Gasteiger partial charge in [0.25, 0.3) is 0 Å². The van der Waals surface area contributed by atoms with Gasteiger partial charge in [0.2, 0.25) is 0 Å². The van der Waals surface area contributed by atoms with E-state index in [1.807, 2.05) is 0 Å². The zero-order valence-electron chi connectivity index (χ0n) is 9.82. The summed E-state index contributed by atoms with van der Waals surface area (Å²) in [6.45, 7) is 0.705. The topological polar surface area (TPSA) is 38.0 Å². The highest BCUT2D eigenvalue weighted by Crippen LogP contribution is 2.23. The lowest BCUT2D eigenvalue weighted by molar-refractivity contribution is 0.405. The highest BCUT2D eigenvalue weighted by Gasteiger charge is 2.17. The first-order valence-electron chi connectivity index (χ1n) is 6.39. The van der Waals surface area contributed by atoms with Gasteiger partial charge < -0.3 is 11.1 Å². The third-order valence-electron chi connectivity index (χ3n) is 3.41. The zero-order chi connectivity index (χ0) is 11.2. The van der Waals surface area contributed by atoms with Crippen LogP contribution in [-0.4, -0.2) is 12.6 Å². The highest BCUT2D eigenvalue weighted by atomic mass is 32.1. The molecule has 2 rings (SSSR count). The van der Waals surface area contributed by atoms with Crippen LogP contribution in [0.5, 0.6) is 0 Å². The normalized spacial score (nSPS) is 20.6. The van der Waals surface area contributed by atoms with E-state index in [1.165, 1.54) is 43.4 Å². The second-order valence-electron chi connectivity index (χ2n) is 4.66. The van der Waals surface area contributed by atoms with Crippen molar-refractivity contribution in [1.82, 2.24) is 5.32 Å². The molecule has 1 aliphatic rings. The summed E-state index contributed by atoms with van der Waals surface area (Å²) in [6, 6.07) is 5.34. The maximum atomic E-state index is 5.86. The molecular formula is C13H22N2S. The molecule has 3 heteroatoms. The minimum atomic E-state index is 0.364. The summed E-state index contributed by atoms with van der Waals surface area (Å²) in [5.41, 5.74) is 5.86. The molecule has 0 aromatic carbocycles. The van der Waals surface area contributed by atoms with Crippen molar-refractivity contribution < 1.29 is 0 Å². The van der Waals surface area contributed by atoms with Gasteiger partial charge in [0.15, 0.2) is 0 Å². The summed E-state index contributed by atoms with van der Waals surface area (Å²) in [5, 5.41) is 5.87. The Kier molecular flexibility index (Phi) is 4.82. The van der Waals surface area contributed by atoms with Crippen LogP contribution in [0, 0.1) is 0 Å². The smallest absolute Gasteiger partial charge is 0.0541 e. The molecule has 0 radical (unpaired) electrons. The molecule has 0 saturated heterocycles. The summed E-state index contributed by atoms with van der Waals surface area (Å²) >= 11 is 1.81. The van der Waals surface area contributed by atoms with E-state index in [4.69, 9.17) is 5.73 Å². The van der Waals surface area contributed by atoms with Crippen molar-refractivity contribution in [2.24, 2.45) is 5.73 Å². The molecule has 0 aliphatic heterocycles. The van der Waals surface area contributed by atoms with Gasteiger partial charge in [0.05, 0.1) is 6.04 Å².